The fraction of sp³-hybridized carbons (Fsp3) is 0.458. The molecule has 5 nitrogen and oxygen atoms in total. The predicted molar refractivity (Wildman–Crippen MR) is 115 cm³/mol. The van der Waals surface area contributed by atoms with E-state index in [1.165, 1.54) is 5.56 Å². The molecular formula is C24H32N2O3. The Kier molecular flexibility index (Phi) is 7.67. The van der Waals surface area contributed by atoms with Gasteiger partial charge in [-0.15, -0.1) is 0 Å². The molecule has 1 N–H and O–H groups in total. The lowest BCUT2D eigenvalue weighted by Crippen LogP contribution is -2.37. The number of hydrogen-bond acceptors (Lipinski definition) is 4. The zero-order valence-electron chi connectivity index (χ0n) is 17.7. The summed E-state index contributed by atoms with van der Waals surface area (Å²) in [5.41, 5.74) is 4.63. The standard InChI is InChI=1S/C24H32N2O3/c1-4-23(29-22-13-18(2)12-19(3)14-22)24(27)25-16-20-6-5-7-21(15-20)17-26-8-10-28-11-9-26/h5-7,12-15,23H,4,8-11,16-17H2,1-3H3,(H,25,27). The van der Waals surface area contributed by atoms with Gasteiger partial charge in [-0.25, -0.2) is 0 Å². The molecule has 0 aliphatic carbocycles. The quantitative estimate of drug-likeness (QED) is 0.741. The summed E-state index contributed by atoms with van der Waals surface area (Å²) in [5.74, 6) is 0.669. The zero-order valence-corrected chi connectivity index (χ0v) is 17.7. The topological polar surface area (TPSA) is 50.8 Å². The van der Waals surface area contributed by atoms with Crippen LogP contribution in [0.15, 0.2) is 42.5 Å². The van der Waals surface area contributed by atoms with Crippen LogP contribution in [-0.2, 0) is 22.6 Å². The van der Waals surface area contributed by atoms with Gasteiger partial charge in [0.15, 0.2) is 6.10 Å². The van der Waals surface area contributed by atoms with E-state index in [0.717, 1.165) is 55.3 Å². The molecule has 1 heterocycles. The van der Waals surface area contributed by atoms with E-state index in [1.807, 2.05) is 32.9 Å². The van der Waals surface area contributed by atoms with Crippen LogP contribution in [0.1, 0.15) is 35.6 Å². The molecule has 1 fully saturated rings. The Balaban J connectivity index is 1.55. The maximum Gasteiger partial charge on any atom is 0.261 e. The maximum absolute atomic E-state index is 12.7. The van der Waals surface area contributed by atoms with Crippen LogP contribution in [0.3, 0.4) is 0 Å². The molecule has 0 radical (unpaired) electrons. The number of morpholine rings is 1. The van der Waals surface area contributed by atoms with E-state index in [-0.39, 0.29) is 5.91 Å². The van der Waals surface area contributed by atoms with Gasteiger partial charge in [-0.2, -0.15) is 0 Å². The average Bonchev–Trinajstić information content (AvgIpc) is 2.70. The monoisotopic (exact) mass is 396 g/mol. The molecule has 1 aliphatic heterocycles. The Bertz CT molecular complexity index is 795. The first kappa shape index (κ1) is 21.3. The third-order valence-corrected chi connectivity index (χ3v) is 5.10. The second-order valence-electron chi connectivity index (χ2n) is 7.76. The summed E-state index contributed by atoms with van der Waals surface area (Å²) in [6.45, 7) is 11.0. The Morgan fingerprint density at radius 1 is 1.10 bits per heavy atom. The maximum atomic E-state index is 12.7. The number of nitrogens with one attached hydrogen (secondary N) is 1. The van der Waals surface area contributed by atoms with E-state index in [1.54, 1.807) is 0 Å². The summed E-state index contributed by atoms with van der Waals surface area (Å²) in [7, 11) is 0. The number of amides is 1. The van der Waals surface area contributed by atoms with Crippen LogP contribution in [0, 0.1) is 13.8 Å². The number of hydrogen-bond donors (Lipinski definition) is 1. The summed E-state index contributed by atoms with van der Waals surface area (Å²) < 4.78 is 11.4. The van der Waals surface area contributed by atoms with Gasteiger partial charge in [-0.3, -0.25) is 9.69 Å². The second kappa shape index (κ2) is 10.4. The molecule has 2 aromatic carbocycles. The van der Waals surface area contributed by atoms with Crippen molar-refractivity contribution in [2.24, 2.45) is 0 Å². The van der Waals surface area contributed by atoms with Crippen LogP contribution in [0.5, 0.6) is 5.75 Å². The Morgan fingerprint density at radius 3 is 2.48 bits per heavy atom. The van der Waals surface area contributed by atoms with Crippen molar-refractivity contribution in [2.75, 3.05) is 26.3 Å². The molecule has 156 valence electrons. The van der Waals surface area contributed by atoms with Crippen molar-refractivity contribution in [3.8, 4) is 5.75 Å². The van der Waals surface area contributed by atoms with Gasteiger partial charge in [-0.05, 0) is 54.7 Å². The number of aryl methyl sites for hydroxylation is 2. The number of carbonyl (C=O) groups excluding carboxylic acids is 1. The van der Waals surface area contributed by atoms with Crippen LogP contribution < -0.4 is 10.1 Å². The second-order valence-corrected chi connectivity index (χ2v) is 7.76. The summed E-state index contributed by atoms with van der Waals surface area (Å²) in [6, 6.07) is 14.4. The molecule has 1 atom stereocenters. The van der Waals surface area contributed by atoms with Crippen molar-refractivity contribution in [1.29, 1.82) is 0 Å². The first-order valence-electron chi connectivity index (χ1n) is 10.4. The number of benzene rings is 2. The molecular weight excluding hydrogens is 364 g/mol. The highest BCUT2D eigenvalue weighted by molar-refractivity contribution is 5.81. The number of ether oxygens (including phenoxy) is 2. The van der Waals surface area contributed by atoms with Crippen molar-refractivity contribution < 1.29 is 14.3 Å². The minimum atomic E-state index is -0.493. The molecule has 0 aromatic heterocycles. The van der Waals surface area contributed by atoms with Crippen LogP contribution >= 0.6 is 0 Å². The van der Waals surface area contributed by atoms with Crippen LogP contribution in [0.2, 0.25) is 0 Å². The van der Waals surface area contributed by atoms with Crippen molar-refractivity contribution in [2.45, 2.75) is 46.4 Å². The fourth-order valence-corrected chi connectivity index (χ4v) is 3.65. The highest BCUT2D eigenvalue weighted by Crippen LogP contribution is 2.18. The van der Waals surface area contributed by atoms with Gasteiger partial charge in [0.2, 0.25) is 0 Å². The lowest BCUT2D eigenvalue weighted by Gasteiger charge is -2.26. The van der Waals surface area contributed by atoms with Gasteiger partial charge in [0, 0.05) is 26.2 Å². The third kappa shape index (κ3) is 6.58. The normalized spacial score (nSPS) is 15.7. The Labute approximate surface area is 174 Å². The Hall–Kier alpha value is -2.37. The van der Waals surface area contributed by atoms with Gasteiger partial charge in [0.1, 0.15) is 5.75 Å². The zero-order chi connectivity index (χ0) is 20.6. The molecule has 0 saturated carbocycles. The van der Waals surface area contributed by atoms with Gasteiger partial charge in [0.25, 0.3) is 5.91 Å². The van der Waals surface area contributed by atoms with Gasteiger partial charge >= 0.3 is 0 Å². The average molecular weight is 397 g/mol. The van der Waals surface area contributed by atoms with E-state index >= 15 is 0 Å². The van der Waals surface area contributed by atoms with E-state index < -0.39 is 6.10 Å². The summed E-state index contributed by atoms with van der Waals surface area (Å²) in [4.78, 5) is 15.1. The third-order valence-electron chi connectivity index (χ3n) is 5.10. The number of carbonyl (C=O) groups is 1. The SMILES string of the molecule is CCC(Oc1cc(C)cc(C)c1)C(=O)NCc1cccc(CN2CCOCC2)c1. The number of nitrogens with zero attached hydrogens (tertiary/aromatic N) is 1. The van der Waals surface area contributed by atoms with E-state index in [4.69, 9.17) is 9.47 Å². The largest absolute Gasteiger partial charge is 0.481 e. The first-order chi connectivity index (χ1) is 14.0. The molecule has 5 heteroatoms. The molecule has 0 spiro atoms. The molecule has 1 saturated heterocycles. The van der Waals surface area contributed by atoms with Gasteiger partial charge in [0.05, 0.1) is 13.2 Å². The van der Waals surface area contributed by atoms with Gasteiger partial charge < -0.3 is 14.8 Å². The van der Waals surface area contributed by atoms with Crippen molar-refractivity contribution in [3.63, 3.8) is 0 Å². The lowest BCUT2D eigenvalue weighted by atomic mass is 10.1. The minimum Gasteiger partial charge on any atom is -0.481 e. The highest BCUT2D eigenvalue weighted by Gasteiger charge is 2.18. The Morgan fingerprint density at radius 2 is 1.79 bits per heavy atom. The molecule has 1 amide bonds. The minimum absolute atomic E-state index is 0.0785. The summed E-state index contributed by atoms with van der Waals surface area (Å²) in [6.07, 6.45) is 0.128. The van der Waals surface area contributed by atoms with Crippen LogP contribution in [0.25, 0.3) is 0 Å². The molecule has 29 heavy (non-hydrogen) atoms. The smallest absolute Gasteiger partial charge is 0.261 e. The van der Waals surface area contributed by atoms with Crippen molar-refractivity contribution >= 4 is 5.91 Å². The van der Waals surface area contributed by atoms with Crippen molar-refractivity contribution in [1.82, 2.24) is 10.2 Å². The molecule has 1 unspecified atom stereocenters. The molecule has 0 bridgehead atoms. The predicted octanol–water partition coefficient (Wildman–Crippen LogP) is 3.61. The summed E-state index contributed by atoms with van der Waals surface area (Å²) in [5, 5.41) is 3.03. The molecule has 3 rings (SSSR count). The van der Waals surface area contributed by atoms with Crippen LogP contribution in [0.4, 0.5) is 0 Å². The fourth-order valence-electron chi connectivity index (χ4n) is 3.65. The van der Waals surface area contributed by atoms with E-state index in [9.17, 15) is 4.79 Å². The molecule has 1 aliphatic rings. The van der Waals surface area contributed by atoms with Crippen LogP contribution in [-0.4, -0.2) is 43.2 Å². The lowest BCUT2D eigenvalue weighted by molar-refractivity contribution is -0.128. The first-order valence-corrected chi connectivity index (χ1v) is 10.4. The van der Waals surface area contributed by atoms with Crippen molar-refractivity contribution in [3.05, 3.63) is 64.7 Å². The number of rotatable bonds is 8. The molecule has 2 aromatic rings. The highest BCUT2D eigenvalue weighted by atomic mass is 16.5. The van der Waals surface area contributed by atoms with Gasteiger partial charge in [-0.1, -0.05) is 37.3 Å². The van der Waals surface area contributed by atoms with E-state index in [0.29, 0.717) is 13.0 Å². The summed E-state index contributed by atoms with van der Waals surface area (Å²) >= 11 is 0. The van der Waals surface area contributed by atoms with E-state index in [2.05, 4.69) is 40.5 Å².